The predicted molar refractivity (Wildman–Crippen MR) is 74.1 cm³/mol. The molecule has 0 saturated carbocycles. The molecule has 3 nitrogen and oxygen atoms in total. The number of pyridine rings is 1. The molecule has 1 heterocycles. The quantitative estimate of drug-likeness (QED) is 0.824. The van der Waals surface area contributed by atoms with Gasteiger partial charge in [0.2, 0.25) is 0 Å². The summed E-state index contributed by atoms with van der Waals surface area (Å²) < 4.78 is 0. The van der Waals surface area contributed by atoms with Crippen molar-refractivity contribution in [2.45, 2.75) is 19.9 Å². The second-order valence-electron chi connectivity index (χ2n) is 4.22. The first-order valence-corrected chi connectivity index (χ1v) is 6.12. The fourth-order valence-electron chi connectivity index (χ4n) is 1.76. The third-order valence-electron chi connectivity index (χ3n) is 2.82. The second-order valence-corrected chi connectivity index (χ2v) is 4.61. The molecule has 0 aliphatic heterocycles. The summed E-state index contributed by atoms with van der Waals surface area (Å²) in [5, 5.41) is 13.1. The van der Waals surface area contributed by atoms with E-state index in [4.69, 9.17) is 11.6 Å². The summed E-state index contributed by atoms with van der Waals surface area (Å²) in [7, 11) is 0. The van der Waals surface area contributed by atoms with Crippen molar-refractivity contribution in [2.24, 2.45) is 0 Å². The van der Waals surface area contributed by atoms with E-state index in [1.807, 2.05) is 25.1 Å². The maximum atomic E-state index is 9.26. The van der Waals surface area contributed by atoms with E-state index in [0.29, 0.717) is 5.15 Å². The Balaban J connectivity index is 2.15. The Kier molecular flexibility index (Phi) is 3.72. The van der Waals surface area contributed by atoms with Crippen molar-refractivity contribution in [3.8, 4) is 5.75 Å². The smallest absolute Gasteiger partial charge is 0.129 e. The Bertz CT molecular complexity index is 540. The van der Waals surface area contributed by atoms with E-state index in [1.165, 1.54) is 0 Å². The molecule has 1 aromatic carbocycles. The van der Waals surface area contributed by atoms with Crippen LogP contribution in [0.25, 0.3) is 0 Å². The predicted octanol–water partition coefficient (Wildman–Crippen LogP) is 3.92. The van der Waals surface area contributed by atoms with Gasteiger partial charge in [-0.05, 0) is 43.7 Å². The number of nitrogens with zero attached hydrogens (tertiary/aromatic N) is 1. The highest BCUT2D eigenvalue weighted by Gasteiger charge is 2.07. The van der Waals surface area contributed by atoms with E-state index >= 15 is 0 Å². The molecule has 18 heavy (non-hydrogen) atoms. The highest BCUT2D eigenvalue weighted by atomic mass is 35.5. The minimum absolute atomic E-state index is 0.132. The average molecular weight is 263 g/mol. The first-order chi connectivity index (χ1) is 8.56. The maximum Gasteiger partial charge on any atom is 0.129 e. The fourth-order valence-corrected chi connectivity index (χ4v) is 1.95. The third-order valence-corrected chi connectivity index (χ3v) is 3.03. The molecule has 2 rings (SSSR count). The van der Waals surface area contributed by atoms with E-state index in [-0.39, 0.29) is 11.8 Å². The van der Waals surface area contributed by atoms with E-state index in [2.05, 4.69) is 17.2 Å². The third kappa shape index (κ3) is 2.93. The van der Waals surface area contributed by atoms with E-state index < -0.39 is 0 Å². The van der Waals surface area contributed by atoms with Gasteiger partial charge >= 0.3 is 0 Å². The minimum Gasteiger partial charge on any atom is -0.508 e. The van der Waals surface area contributed by atoms with Crippen LogP contribution in [0.4, 0.5) is 5.69 Å². The van der Waals surface area contributed by atoms with Gasteiger partial charge in [0.15, 0.2) is 0 Å². The average Bonchev–Trinajstić information content (AvgIpc) is 2.33. The topological polar surface area (TPSA) is 45.2 Å². The number of phenols is 1. The molecule has 1 unspecified atom stereocenters. The van der Waals surface area contributed by atoms with Gasteiger partial charge in [0, 0.05) is 6.04 Å². The highest BCUT2D eigenvalue weighted by Crippen LogP contribution is 2.23. The van der Waals surface area contributed by atoms with Crippen LogP contribution in [0.2, 0.25) is 5.15 Å². The number of aromatic nitrogens is 1. The molecule has 94 valence electrons. The highest BCUT2D eigenvalue weighted by molar-refractivity contribution is 6.29. The molecule has 2 N–H and O–H groups in total. The first kappa shape index (κ1) is 12.7. The standard InChI is InChI=1S/C14H15ClN2O/c1-9(11-3-5-12(18)6-4-11)16-13-7-8-14(15)17-10(13)2/h3-9,16,18H,1-2H3. The number of phenolic OH excluding ortho intramolecular Hbond substituents is 1. The Labute approximate surface area is 111 Å². The van der Waals surface area contributed by atoms with Crippen molar-refractivity contribution in [3.63, 3.8) is 0 Å². The summed E-state index contributed by atoms with van der Waals surface area (Å²) >= 11 is 5.82. The van der Waals surface area contributed by atoms with E-state index in [1.54, 1.807) is 18.2 Å². The first-order valence-electron chi connectivity index (χ1n) is 5.75. The number of rotatable bonds is 3. The van der Waals surface area contributed by atoms with E-state index in [9.17, 15) is 5.11 Å². The van der Waals surface area contributed by atoms with Crippen LogP contribution in [-0.2, 0) is 0 Å². The lowest BCUT2D eigenvalue weighted by molar-refractivity contribution is 0.475. The Morgan fingerprint density at radius 3 is 2.44 bits per heavy atom. The minimum atomic E-state index is 0.132. The summed E-state index contributed by atoms with van der Waals surface area (Å²) in [6, 6.07) is 11.0. The van der Waals surface area contributed by atoms with Crippen LogP contribution in [0.15, 0.2) is 36.4 Å². The normalized spacial score (nSPS) is 12.2. The monoisotopic (exact) mass is 262 g/mol. The number of anilines is 1. The number of aryl methyl sites for hydroxylation is 1. The Hall–Kier alpha value is -1.74. The van der Waals surface area contributed by atoms with E-state index in [0.717, 1.165) is 16.9 Å². The molecule has 0 aliphatic rings. The number of hydrogen-bond acceptors (Lipinski definition) is 3. The molecule has 0 saturated heterocycles. The van der Waals surface area contributed by atoms with Crippen LogP contribution in [0.3, 0.4) is 0 Å². The summed E-state index contributed by atoms with van der Waals surface area (Å²) in [6.07, 6.45) is 0. The van der Waals surface area contributed by atoms with Gasteiger partial charge in [-0.1, -0.05) is 23.7 Å². The van der Waals surface area contributed by atoms with Gasteiger partial charge in [-0.25, -0.2) is 4.98 Å². The van der Waals surface area contributed by atoms with Crippen molar-refractivity contribution in [1.82, 2.24) is 4.98 Å². The maximum absolute atomic E-state index is 9.26. The van der Waals surface area contributed by atoms with Gasteiger partial charge in [-0.15, -0.1) is 0 Å². The SMILES string of the molecule is Cc1nc(Cl)ccc1NC(C)c1ccc(O)cc1. The van der Waals surface area contributed by atoms with Crippen LogP contribution in [-0.4, -0.2) is 10.1 Å². The summed E-state index contributed by atoms with van der Waals surface area (Å²) in [5.41, 5.74) is 2.93. The van der Waals surface area contributed by atoms with Crippen LogP contribution >= 0.6 is 11.6 Å². The molecule has 4 heteroatoms. The van der Waals surface area contributed by atoms with Crippen molar-refractivity contribution >= 4 is 17.3 Å². The zero-order valence-electron chi connectivity index (χ0n) is 10.3. The Morgan fingerprint density at radius 1 is 1.17 bits per heavy atom. The number of aromatic hydroxyl groups is 1. The van der Waals surface area contributed by atoms with Gasteiger partial charge < -0.3 is 10.4 Å². The van der Waals surface area contributed by atoms with Crippen molar-refractivity contribution in [3.05, 3.63) is 52.8 Å². The van der Waals surface area contributed by atoms with Crippen molar-refractivity contribution < 1.29 is 5.11 Å². The summed E-state index contributed by atoms with van der Waals surface area (Å²) in [6.45, 7) is 3.97. The van der Waals surface area contributed by atoms with Crippen LogP contribution in [0.1, 0.15) is 24.2 Å². The largest absolute Gasteiger partial charge is 0.508 e. The molecule has 0 amide bonds. The van der Waals surface area contributed by atoms with Gasteiger partial charge in [0.1, 0.15) is 10.9 Å². The Morgan fingerprint density at radius 2 is 1.83 bits per heavy atom. The molecule has 0 radical (unpaired) electrons. The zero-order valence-corrected chi connectivity index (χ0v) is 11.1. The molecule has 0 spiro atoms. The van der Waals surface area contributed by atoms with Gasteiger partial charge in [-0.3, -0.25) is 0 Å². The summed E-state index contributed by atoms with van der Waals surface area (Å²) in [5.74, 6) is 0.273. The van der Waals surface area contributed by atoms with Gasteiger partial charge in [0.25, 0.3) is 0 Å². The zero-order chi connectivity index (χ0) is 13.1. The second kappa shape index (κ2) is 5.27. The lowest BCUT2D eigenvalue weighted by Crippen LogP contribution is -2.08. The number of benzene rings is 1. The molecular weight excluding hydrogens is 248 g/mol. The number of nitrogens with one attached hydrogen (secondary N) is 1. The molecule has 0 bridgehead atoms. The van der Waals surface area contributed by atoms with Gasteiger partial charge in [-0.2, -0.15) is 0 Å². The number of halogens is 1. The lowest BCUT2D eigenvalue weighted by Gasteiger charge is -2.17. The van der Waals surface area contributed by atoms with Gasteiger partial charge in [0.05, 0.1) is 11.4 Å². The molecule has 1 atom stereocenters. The lowest BCUT2D eigenvalue weighted by atomic mass is 10.1. The van der Waals surface area contributed by atoms with Crippen LogP contribution < -0.4 is 5.32 Å². The molecule has 1 aromatic heterocycles. The molecule has 0 fully saturated rings. The fraction of sp³-hybridized carbons (Fsp3) is 0.214. The summed E-state index contributed by atoms with van der Waals surface area (Å²) in [4.78, 5) is 4.20. The van der Waals surface area contributed by atoms with Crippen molar-refractivity contribution in [1.29, 1.82) is 0 Å². The number of hydrogen-bond donors (Lipinski definition) is 2. The molecular formula is C14H15ClN2O. The van der Waals surface area contributed by atoms with Crippen LogP contribution in [0.5, 0.6) is 5.75 Å². The van der Waals surface area contributed by atoms with Crippen LogP contribution in [0, 0.1) is 6.92 Å². The molecule has 0 aliphatic carbocycles. The molecule has 2 aromatic rings. The van der Waals surface area contributed by atoms with Crippen molar-refractivity contribution in [2.75, 3.05) is 5.32 Å².